The van der Waals surface area contributed by atoms with E-state index in [4.69, 9.17) is 11.6 Å². The van der Waals surface area contributed by atoms with Gasteiger partial charge in [-0.05, 0) is 55.3 Å². The second-order valence-corrected chi connectivity index (χ2v) is 9.69. The molecule has 0 spiro atoms. The molecule has 31 heavy (non-hydrogen) atoms. The van der Waals surface area contributed by atoms with Crippen molar-refractivity contribution in [3.63, 3.8) is 0 Å². The Kier molecular flexibility index (Phi) is 6.08. The molecule has 1 aliphatic rings. The minimum absolute atomic E-state index is 0.258. The fourth-order valence-corrected chi connectivity index (χ4v) is 5.30. The lowest BCUT2D eigenvalue weighted by Gasteiger charge is -2.34. The van der Waals surface area contributed by atoms with Crippen LogP contribution in [0.15, 0.2) is 53.6 Å². The number of piperazine rings is 1. The summed E-state index contributed by atoms with van der Waals surface area (Å²) in [5.41, 5.74) is 1.65. The highest BCUT2D eigenvalue weighted by atomic mass is 35.5. The Hall–Kier alpha value is -2.75. The van der Waals surface area contributed by atoms with Crippen LogP contribution in [0.5, 0.6) is 0 Å². The summed E-state index contributed by atoms with van der Waals surface area (Å²) in [6.07, 6.45) is 1.78. The van der Waals surface area contributed by atoms with E-state index < -0.39 is 10.0 Å². The average molecular weight is 459 g/mol. The van der Waals surface area contributed by atoms with Crippen LogP contribution in [0, 0.1) is 13.8 Å². The second kappa shape index (κ2) is 8.78. The molecule has 1 saturated heterocycles. The minimum atomic E-state index is -3.60. The molecule has 0 bridgehead atoms. The van der Waals surface area contributed by atoms with Gasteiger partial charge in [0.25, 0.3) is 0 Å². The maximum Gasteiger partial charge on any atom is 0.243 e. The Labute approximate surface area is 186 Å². The smallest absolute Gasteiger partial charge is 0.243 e. The van der Waals surface area contributed by atoms with Crippen LogP contribution in [0.1, 0.15) is 11.1 Å². The molecule has 2 aromatic heterocycles. The first-order valence-electron chi connectivity index (χ1n) is 9.88. The Balaban J connectivity index is 1.40. The molecule has 8 nitrogen and oxygen atoms in total. The number of nitrogens with one attached hydrogen (secondary N) is 1. The Morgan fingerprint density at radius 1 is 0.935 bits per heavy atom. The number of aromatic nitrogens is 3. The van der Waals surface area contributed by atoms with Gasteiger partial charge < -0.3 is 10.2 Å². The SMILES string of the molecule is Cc1ccc(Nc2ccc(N3CCN(S(=O)(=O)c4cccc(Cl)c4C)CC3)nn2)nc1. The van der Waals surface area contributed by atoms with E-state index in [0.717, 1.165) is 5.56 Å². The summed E-state index contributed by atoms with van der Waals surface area (Å²) in [6.45, 7) is 5.49. The molecule has 0 saturated carbocycles. The van der Waals surface area contributed by atoms with Crippen molar-refractivity contribution >= 4 is 39.1 Å². The number of anilines is 3. The van der Waals surface area contributed by atoms with Crippen LogP contribution in [-0.4, -0.2) is 54.1 Å². The molecule has 0 aliphatic carbocycles. The summed E-state index contributed by atoms with van der Waals surface area (Å²) in [5, 5.41) is 12.1. The molecule has 0 atom stereocenters. The van der Waals surface area contributed by atoms with Crippen LogP contribution in [0.25, 0.3) is 0 Å². The molecule has 1 fully saturated rings. The molecule has 1 aromatic carbocycles. The van der Waals surface area contributed by atoms with Crippen molar-refractivity contribution in [2.45, 2.75) is 18.7 Å². The summed E-state index contributed by atoms with van der Waals surface area (Å²) < 4.78 is 27.6. The summed E-state index contributed by atoms with van der Waals surface area (Å²) >= 11 is 6.12. The molecule has 0 amide bonds. The zero-order valence-corrected chi connectivity index (χ0v) is 18.9. The van der Waals surface area contributed by atoms with E-state index >= 15 is 0 Å². The monoisotopic (exact) mass is 458 g/mol. The van der Waals surface area contributed by atoms with Gasteiger partial charge in [0, 0.05) is 37.4 Å². The van der Waals surface area contributed by atoms with Crippen LogP contribution in [0.2, 0.25) is 5.02 Å². The Bertz CT molecular complexity index is 1160. The summed E-state index contributed by atoms with van der Waals surface area (Å²) in [6, 6.07) is 12.5. The lowest BCUT2D eigenvalue weighted by atomic mass is 10.2. The van der Waals surface area contributed by atoms with E-state index in [1.807, 2.05) is 36.1 Å². The van der Waals surface area contributed by atoms with Crippen molar-refractivity contribution in [3.05, 3.63) is 64.8 Å². The fraction of sp³-hybridized carbons (Fsp3) is 0.286. The summed E-state index contributed by atoms with van der Waals surface area (Å²) in [5.74, 6) is 2.00. The van der Waals surface area contributed by atoms with Gasteiger partial charge in [0.2, 0.25) is 10.0 Å². The number of rotatable bonds is 5. The van der Waals surface area contributed by atoms with E-state index in [2.05, 4.69) is 20.5 Å². The zero-order chi connectivity index (χ0) is 22.0. The van der Waals surface area contributed by atoms with Crippen molar-refractivity contribution in [2.24, 2.45) is 0 Å². The molecule has 1 N–H and O–H groups in total. The lowest BCUT2D eigenvalue weighted by Crippen LogP contribution is -2.49. The highest BCUT2D eigenvalue weighted by Gasteiger charge is 2.30. The van der Waals surface area contributed by atoms with Crippen LogP contribution in [0.3, 0.4) is 0 Å². The first-order valence-corrected chi connectivity index (χ1v) is 11.7. The number of benzene rings is 1. The number of aryl methyl sites for hydroxylation is 1. The fourth-order valence-electron chi connectivity index (χ4n) is 3.40. The first kappa shape index (κ1) is 21.5. The number of hydrogen-bond acceptors (Lipinski definition) is 7. The molecular weight excluding hydrogens is 436 g/mol. The largest absolute Gasteiger partial charge is 0.352 e. The van der Waals surface area contributed by atoms with E-state index in [-0.39, 0.29) is 4.90 Å². The quantitative estimate of drug-likeness (QED) is 0.626. The Morgan fingerprint density at radius 3 is 2.32 bits per heavy atom. The third kappa shape index (κ3) is 4.63. The molecule has 4 rings (SSSR count). The summed E-state index contributed by atoms with van der Waals surface area (Å²) in [4.78, 5) is 6.58. The van der Waals surface area contributed by atoms with Gasteiger partial charge in [-0.3, -0.25) is 0 Å². The number of halogens is 1. The normalized spacial score (nSPS) is 15.1. The molecular formula is C21H23ClN6O2S. The average Bonchev–Trinajstić information content (AvgIpc) is 2.78. The third-order valence-electron chi connectivity index (χ3n) is 5.22. The zero-order valence-electron chi connectivity index (χ0n) is 17.3. The van der Waals surface area contributed by atoms with Gasteiger partial charge in [-0.15, -0.1) is 10.2 Å². The molecule has 3 heterocycles. The van der Waals surface area contributed by atoms with E-state index in [1.54, 1.807) is 31.3 Å². The van der Waals surface area contributed by atoms with Crippen molar-refractivity contribution < 1.29 is 8.42 Å². The lowest BCUT2D eigenvalue weighted by molar-refractivity contribution is 0.383. The van der Waals surface area contributed by atoms with Crippen LogP contribution in [-0.2, 0) is 10.0 Å². The third-order valence-corrected chi connectivity index (χ3v) is 7.67. The van der Waals surface area contributed by atoms with Gasteiger partial charge in [0.05, 0.1) is 4.90 Å². The molecule has 1 aliphatic heterocycles. The van der Waals surface area contributed by atoms with Crippen molar-refractivity contribution in [2.75, 3.05) is 36.4 Å². The van der Waals surface area contributed by atoms with Gasteiger partial charge >= 0.3 is 0 Å². The molecule has 0 unspecified atom stereocenters. The van der Waals surface area contributed by atoms with Crippen LogP contribution in [0.4, 0.5) is 17.5 Å². The van der Waals surface area contributed by atoms with E-state index in [1.165, 1.54) is 4.31 Å². The number of nitrogens with zero attached hydrogens (tertiary/aromatic N) is 5. The maximum absolute atomic E-state index is 13.0. The standard InChI is InChI=1S/C21H23ClN6O2S/c1-15-6-7-19(23-14-15)24-20-8-9-21(26-25-20)27-10-12-28(13-11-27)31(29,30)18-5-3-4-17(22)16(18)2/h3-9,14H,10-13H2,1-2H3,(H,23,24,25). The van der Waals surface area contributed by atoms with Crippen LogP contribution >= 0.6 is 11.6 Å². The van der Waals surface area contributed by atoms with Gasteiger partial charge in [-0.25, -0.2) is 13.4 Å². The molecule has 162 valence electrons. The van der Waals surface area contributed by atoms with E-state index in [0.29, 0.717) is 54.2 Å². The Morgan fingerprint density at radius 2 is 1.68 bits per heavy atom. The van der Waals surface area contributed by atoms with Gasteiger partial charge in [0.1, 0.15) is 5.82 Å². The van der Waals surface area contributed by atoms with E-state index in [9.17, 15) is 8.42 Å². The first-order chi connectivity index (χ1) is 14.8. The van der Waals surface area contributed by atoms with Crippen LogP contribution < -0.4 is 10.2 Å². The summed E-state index contributed by atoms with van der Waals surface area (Å²) in [7, 11) is -3.60. The van der Waals surface area contributed by atoms with Crippen molar-refractivity contribution in [3.8, 4) is 0 Å². The highest BCUT2D eigenvalue weighted by Crippen LogP contribution is 2.27. The number of pyridine rings is 1. The van der Waals surface area contributed by atoms with Gasteiger partial charge in [-0.2, -0.15) is 4.31 Å². The topological polar surface area (TPSA) is 91.3 Å². The number of hydrogen-bond donors (Lipinski definition) is 1. The van der Waals surface area contributed by atoms with Crippen molar-refractivity contribution in [1.82, 2.24) is 19.5 Å². The van der Waals surface area contributed by atoms with Gasteiger partial charge in [-0.1, -0.05) is 23.7 Å². The molecule has 0 radical (unpaired) electrons. The maximum atomic E-state index is 13.0. The predicted octanol–water partition coefficient (Wildman–Crippen LogP) is 3.40. The molecule has 3 aromatic rings. The minimum Gasteiger partial charge on any atom is -0.352 e. The highest BCUT2D eigenvalue weighted by molar-refractivity contribution is 7.89. The van der Waals surface area contributed by atoms with Crippen molar-refractivity contribution in [1.29, 1.82) is 0 Å². The number of sulfonamides is 1. The second-order valence-electron chi connectivity index (χ2n) is 7.38. The molecule has 10 heteroatoms. The predicted molar refractivity (Wildman–Crippen MR) is 121 cm³/mol. The van der Waals surface area contributed by atoms with Gasteiger partial charge in [0.15, 0.2) is 11.6 Å².